The molecule has 5 nitrogen and oxygen atoms in total. The van der Waals surface area contributed by atoms with Crippen molar-refractivity contribution in [1.29, 1.82) is 0 Å². The van der Waals surface area contributed by atoms with Gasteiger partial charge in [0.15, 0.2) is 0 Å². The monoisotopic (exact) mass is 282 g/mol. The van der Waals surface area contributed by atoms with Crippen LogP contribution in [0.25, 0.3) is 0 Å². The summed E-state index contributed by atoms with van der Waals surface area (Å²) in [5.41, 5.74) is -0.196. The second-order valence-electron chi connectivity index (χ2n) is 6.28. The molecule has 2 aliphatic heterocycles. The van der Waals surface area contributed by atoms with E-state index in [2.05, 4.69) is 12.2 Å². The molecule has 0 radical (unpaired) electrons. The Bertz CT molecular complexity index is 359. The van der Waals surface area contributed by atoms with Crippen LogP contribution in [0, 0.1) is 11.3 Å². The van der Waals surface area contributed by atoms with Crippen LogP contribution in [0.4, 0.5) is 0 Å². The van der Waals surface area contributed by atoms with Gasteiger partial charge in [-0.25, -0.2) is 0 Å². The number of carboxylic acids is 1. The van der Waals surface area contributed by atoms with Gasteiger partial charge in [0.1, 0.15) is 0 Å². The van der Waals surface area contributed by atoms with Crippen LogP contribution < -0.4 is 5.32 Å². The maximum atomic E-state index is 12.9. The minimum Gasteiger partial charge on any atom is -0.481 e. The molecule has 2 N–H and O–H groups in total. The van der Waals surface area contributed by atoms with Gasteiger partial charge in [-0.05, 0) is 44.7 Å². The SMILES string of the molecule is CCCC1(C(=O)N2CCC(CC(=O)O)C2)CCNCC1. The number of amides is 1. The van der Waals surface area contributed by atoms with E-state index in [-0.39, 0.29) is 23.7 Å². The van der Waals surface area contributed by atoms with Crippen LogP contribution in [-0.2, 0) is 9.59 Å². The number of piperidine rings is 1. The number of aliphatic carboxylic acids is 1. The number of carbonyl (C=O) groups excluding carboxylic acids is 1. The van der Waals surface area contributed by atoms with Gasteiger partial charge in [0.2, 0.25) is 5.91 Å². The van der Waals surface area contributed by atoms with Crippen LogP contribution in [0.1, 0.15) is 45.4 Å². The number of rotatable bonds is 5. The van der Waals surface area contributed by atoms with Crippen molar-refractivity contribution in [3.8, 4) is 0 Å². The predicted molar refractivity (Wildman–Crippen MR) is 76.4 cm³/mol. The van der Waals surface area contributed by atoms with Crippen molar-refractivity contribution in [3.05, 3.63) is 0 Å². The lowest BCUT2D eigenvalue weighted by atomic mass is 9.74. The third kappa shape index (κ3) is 3.32. The third-order valence-electron chi connectivity index (χ3n) is 4.78. The van der Waals surface area contributed by atoms with Gasteiger partial charge in [-0.15, -0.1) is 0 Å². The summed E-state index contributed by atoms with van der Waals surface area (Å²) in [4.78, 5) is 25.6. The number of nitrogens with one attached hydrogen (secondary N) is 1. The Hall–Kier alpha value is -1.10. The normalized spacial score (nSPS) is 25.6. The topological polar surface area (TPSA) is 69.6 Å². The first-order chi connectivity index (χ1) is 9.57. The van der Waals surface area contributed by atoms with E-state index in [4.69, 9.17) is 5.11 Å². The van der Waals surface area contributed by atoms with Gasteiger partial charge in [-0.1, -0.05) is 13.3 Å². The molecule has 2 rings (SSSR count). The first-order valence-electron chi connectivity index (χ1n) is 7.79. The second kappa shape index (κ2) is 6.57. The van der Waals surface area contributed by atoms with E-state index in [1.807, 2.05) is 4.90 Å². The molecule has 0 aromatic rings. The van der Waals surface area contributed by atoms with Crippen LogP contribution in [0.3, 0.4) is 0 Å². The molecule has 2 saturated heterocycles. The standard InChI is InChI=1S/C15H26N2O3/c1-2-4-15(5-7-16-8-6-15)14(20)17-9-3-12(11-17)10-13(18)19/h12,16H,2-11H2,1H3,(H,18,19). The Morgan fingerprint density at radius 3 is 2.65 bits per heavy atom. The summed E-state index contributed by atoms with van der Waals surface area (Å²) >= 11 is 0. The number of hydrogen-bond donors (Lipinski definition) is 2. The molecular weight excluding hydrogens is 256 g/mol. The van der Waals surface area contributed by atoms with Gasteiger partial charge in [-0.3, -0.25) is 9.59 Å². The smallest absolute Gasteiger partial charge is 0.303 e. The molecule has 20 heavy (non-hydrogen) atoms. The first-order valence-corrected chi connectivity index (χ1v) is 7.79. The molecule has 1 amide bonds. The number of nitrogens with zero attached hydrogens (tertiary/aromatic N) is 1. The largest absolute Gasteiger partial charge is 0.481 e. The molecule has 1 atom stereocenters. The molecule has 2 fully saturated rings. The number of likely N-dealkylation sites (tertiary alicyclic amines) is 1. The quantitative estimate of drug-likeness (QED) is 0.801. The first kappa shape index (κ1) is 15.3. The van der Waals surface area contributed by atoms with E-state index in [0.29, 0.717) is 6.54 Å². The zero-order valence-corrected chi connectivity index (χ0v) is 12.4. The van der Waals surface area contributed by atoms with Crippen molar-refractivity contribution in [3.63, 3.8) is 0 Å². The van der Waals surface area contributed by atoms with Gasteiger partial charge in [-0.2, -0.15) is 0 Å². The highest BCUT2D eigenvalue weighted by Crippen LogP contribution is 2.37. The molecule has 2 heterocycles. The zero-order valence-electron chi connectivity index (χ0n) is 12.4. The Labute approximate surface area is 120 Å². The van der Waals surface area contributed by atoms with Gasteiger partial charge < -0.3 is 15.3 Å². The van der Waals surface area contributed by atoms with Gasteiger partial charge in [0.05, 0.1) is 5.41 Å². The van der Waals surface area contributed by atoms with E-state index in [9.17, 15) is 9.59 Å². The molecule has 114 valence electrons. The fraction of sp³-hybridized carbons (Fsp3) is 0.867. The van der Waals surface area contributed by atoms with Gasteiger partial charge in [0.25, 0.3) is 0 Å². The van der Waals surface area contributed by atoms with Gasteiger partial charge in [0, 0.05) is 19.5 Å². The molecule has 0 bridgehead atoms. The van der Waals surface area contributed by atoms with E-state index in [1.54, 1.807) is 0 Å². The fourth-order valence-corrected chi connectivity index (χ4v) is 3.72. The lowest BCUT2D eigenvalue weighted by Gasteiger charge is -2.39. The Morgan fingerprint density at radius 2 is 2.05 bits per heavy atom. The van der Waals surface area contributed by atoms with Crippen LogP contribution in [-0.4, -0.2) is 48.1 Å². The summed E-state index contributed by atoms with van der Waals surface area (Å²) in [7, 11) is 0. The van der Waals surface area contributed by atoms with Crippen LogP contribution in [0.15, 0.2) is 0 Å². The number of carboxylic acid groups (broad SMARTS) is 1. The van der Waals surface area contributed by atoms with Gasteiger partial charge >= 0.3 is 5.97 Å². The molecule has 0 spiro atoms. The van der Waals surface area contributed by atoms with Crippen molar-refractivity contribution in [2.75, 3.05) is 26.2 Å². The lowest BCUT2D eigenvalue weighted by molar-refractivity contribution is -0.144. The third-order valence-corrected chi connectivity index (χ3v) is 4.78. The van der Waals surface area contributed by atoms with Crippen LogP contribution >= 0.6 is 0 Å². The molecule has 0 aromatic carbocycles. The highest BCUT2D eigenvalue weighted by atomic mass is 16.4. The molecule has 5 heteroatoms. The van der Waals surface area contributed by atoms with Crippen LogP contribution in [0.2, 0.25) is 0 Å². The Balaban J connectivity index is 2.00. The summed E-state index contributed by atoms with van der Waals surface area (Å²) in [6, 6.07) is 0. The van der Waals surface area contributed by atoms with Crippen molar-refractivity contribution < 1.29 is 14.7 Å². The number of hydrogen-bond acceptors (Lipinski definition) is 3. The minimum atomic E-state index is -0.755. The highest BCUT2D eigenvalue weighted by molar-refractivity contribution is 5.83. The van der Waals surface area contributed by atoms with E-state index >= 15 is 0 Å². The summed E-state index contributed by atoms with van der Waals surface area (Å²) in [6.45, 7) is 5.32. The average molecular weight is 282 g/mol. The summed E-state index contributed by atoms with van der Waals surface area (Å²) in [5.74, 6) is -0.347. The van der Waals surface area contributed by atoms with E-state index < -0.39 is 5.97 Å². The molecule has 0 aliphatic carbocycles. The molecule has 0 saturated carbocycles. The van der Waals surface area contributed by atoms with Crippen molar-refractivity contribution in [2.24, 2.45) is 11.3 Å². The lowest BCUT2D eigenvalue weighted by Crippen LogP contribution is -2.48. The molecular formula is C15H26N2O3. The van der Waals surface area contributed by atoms with E-state index in [1.165, 1.54) is 0 Å². The maximum Gasteiger partial charge on any atom is 0.303 e. The molecule has 1 unspecified atom stereocenters. The summed E-state index contributed by atoms with van der Waals surface area (Å²) in [5, 5.41) is 12.2. The molecule has 0 aromatic heterocycles. The maximum absolute atomic E-state index is 12.9. The minimum absolute atomic E-state index is 0.136. The van der Waals surface area contributed by atoms with E-state index in [0.717, 1.165) is 51.7 Å². The fourth-order valence-electron chi connectivity index (χ4n) is 3.72. The highest BCUT2D eigenvalue weighted by Gasteiger charge is 2.43. The summed E-state index contributed by atoms with van der Waals surface area (Å²) < 4.78 is 0. The van der Waals surface area contributed by atoms with Crippen molar-refractivity contribution in [2.45, 2.75) is 45.4 Å². The van der Waals surface area contributed by atoms with Crippen LogP contribution in [0.5, 0.6) is 0 Å². The summed E-state index contributed by atoms with van der Waals surface area (Å²) in [6.07, 6.45) is 4.83. The van der Waals surface area contributed by atoms with Crippen molar-refractivity contribution in [1.82, 2.24) is 10.2 Å². The van der Waals surface area contributed by atoms with Crippen molar-refractivity contribution >= 4 is 11.9 Å². The molecule has 2 aliphatic rings. The number of carbonyl (C=O) groups is 2. The second-order valence-corrected chi connectivity index (χ2v) is 6.28. The zero-order chi connectivity index (χ0) is 14.6. The predicted octanol–water partition coefficient (Wildman–Crippen LogP) is 1.48. The Kier molecular flexibility index (Phi) is 5.02. The average Bonchev–Trinajstić information content (AvgIpc) is 2.87. The Morgan fingerprint density at radius 1 is 1.35 bits per heavy atom.